The van der Waals surface area contributed by atoms with Gasteiger partial charge < -0.3 is 66.0 Å². The zero-order chi connectivity index (χ0) is 91.2. The molecule has 0 radical (unpaired) electrons. The van der Waals surface area contributed by atoms with Gasteiger partial charge in [0.25, 0.3) is 11.8 Å². The predicted molar refractivity (Wildman–Crippen MR) is 487 cm³/mol. The van der Waals surface area contributed by atoms with Crippen LogP contribution in [0.5, 0.6) is 11.5 Å². The summed E-state index contributed by atoms with van der Waals surface area (Å²) in [5.41, 5.74) is 6.45. The Bertz CT molecular complexity index is 6970. The number of ether oxygens (including phenoxy) is 2. The quantitative estimate of drug-likeness (QED) is 0.0672. The molecule has 0 unspecified atom stereocenters. The summed E-state index contributed by atoms with van der Waals surface area (Å²) >= 11 is 6.13. The first kappa shape index (κ1) is 88.3. The number of sulfonamides is 2. The largest absolute Gasteiger partial charge is 0.494 e. The number of aromatic nitrogens is 4. The van der Waals surface area contributed by atoms with E-state index in [1.165, 1.54) is 83.4 Å². The molecule has 19 rings (SSSR count). The molecular formula is C94H90B3ClF4N8O16S2. The van der Waals surface area contributed by atoms with Gasteiger partial charge >= 0.3 is 21.1 Å². The third kappa shape index (κ3) is 16.1. The zero-order valence-corrected chi connectivity index (χ0v) is 75.3. The van der Waals surface area contributed by atoms with Crippen LogP contribution in [0.15, 0.2) is 203 Å². The molecule has 14 aromatic rings. The number of benzene rings is 8. The molecule has 2 N–H and O–H groups in total. The standard InChI is InChI=1S/C44H39BF2N4O7S.C38H27ClF2N4O5S.C12H24B2O4/c1-43(2)44(3,4)58-45(57-43)27-14-10-25(11-15-27)23-51(59(6,53)54)35-22-38-31(39(42(52)48-5)41(56-38)26-12-16-28(46)17-13-26)20-30(35)33-18-19-37-40(49-33)36-21-29-32(47)8-7-9-34(29)50(36)24-55-37;1-42-38(46)35-27-16-26(29-14-15-33-36(43-29)32-17-25-28(41)4-3-5-30(25)44(32)20-49-33)31(18-34(27)50-37(35)22-8-12-24(40)13-9-22)45(51(2,47)48)19-21-6-10-23(39)11-7-21;1-9(2)10(3,4)16-13(15-9)14-17-11(5,6)12(7,8)18-14/h7-22H,23-24H2,1-6H3,(H,48,52);3-18H,19-20H2,1-2H3,(H,42,46);1-8H3. The van der Waals surface area contributed by atoms with Crippen LogP contribution in [0, 0.1) is 23.3 Å². The van der Waals surface area contributed by atoms with E-state index in [2.05, 4.69) is 10.6 Å². The summed E-state index contributed by atoms with van der Waals surface area (Å²) in [5, 5.41) is 7.38. The summed E-state index contributed by atoms with van der Waals surface area (Å²) < 4.78 is 180. The lowest BCUT2D eigenvalue weighted by Crippen LogP contribution is -2.41. The Balaban J connectivity index is 0.000000152. The van der Waals surface area contributed by atoms with Crippen LogP contribution in [0.4, 0.5) is 28.9 Å². The number of hydrogen-bond donors (Lipinski definition) is 2. The number of hydrogen-bond acceptors (Lipinski definition) is 18. The van der Waals surface area contributed by atoms with Crippen molar-refractivity contribution in [2.24, 2.45) is 0 Å². The summed E-state index contributed by atoms with van der Waals surface area (Å²) in [6.45, 7) is 24.2. The second-order valence-corrected chi connectivity index (χ2v) is 39.4. The Morgan fingerprint density at radius 2 is 0.812 bits per heavy atom. The fourth-order valence-corrected chi connectivity index (χ4v) is 18.0. The number of halogens is 5. The van der Waals surface area contributed by atoms with Crippen LogP contribution in [0.3, 0.4) is 0 Å². The molecule has 0 aliphatic carbocycles. The first-order valence-corrected chi connectivity index (χ1v) is 45.4. The maximum Gasteiger partial charge on any atom is 0.494 e. The lowest BCUT2D eigenvalue weighted by molar-refractivity contribution is 0.00578. The van der Waals surface area contributed by atoms with E-state index in [0.29, 0.717) is 117 Å². The molecule has 658 valence electrons. The summed E-state index contributed by atoms with van der Waals surface area (Å²) in [6.07, 6.45) is 2.21. The van der Waals surface area contributed by atoms with Crippen molar-refractivity contribution in [2.45, 2.75) is 143 Å². The van der Waals surface area contributed by atoms with Gasteiger partial charge in [-0.2, -0.15) is 0 Å². The van der Waals surface area contributed by atoms with Gasteiger partial charge in [-0.3, -0.25) is 18.2 Å². The Kier molecular flexibility index (Phi) is 22.4. The zero-order valence-electron chi connectivity index (χ0n) is 73.0. The van der Waals surface area contributed by atoms with Crippen molar-refractivity contribution >= 4 is 125 Å². The Morgan fingerprint density at radius 1 is 0.453 bits per heavy atom. The summed E-state index contributed by atoms with van der Waals surface area (Å²) in [4.78, 5) is 37.1. The SMILES string of the molecule is CC1(C)OB(B2OC(C)(C)C(C)(C)O2)OC1(C)C.CNC(=O)c1c(-c2ccc(F)cc2)oc2cc(N(Cc3ccc(B4OC(C)(C)C(C)(C)O4)cc3)S(C)(=O)=O)c(-c3ccc4c(n3)-c3cc5c(F)cccc5n3CO4)cc12.CNC(=O)c1c(-c2ccc(F)cc2)oc2cc(N(Cc3ccc(Cl)cc3)S(C)(=O)=O)c(-c3ccc4c(n3)-c3cc5c(F)cccc5n3CO4)cc12. The van der Waals surface area contributed by atoms with E-state index in [9.17, 15) is 39.6 Å². The average molecular weight is 1800 g/mol. The molecule has 3 fully saturated rings. The molecule has 0 spiro atoms. The number of fused-ring (bicyclic) bond motifs is 12. The van der Waals surface area contributed by atoms with E-state index in [1.54, 1.807) is 109 Å². The number of pyridine rings is 2. The minimum atomic E-state index is -4.02. The normalized spacial score (nSPS) is 16.6. The number of rotatable bonds is 16. The van der Waals surface area contributed by atoms with Gasteiger partial charge in [-0.15, -0.1) is 0 Å². The molecule has 3 saturated heterocycles. The van der Waals surface area contributed by atoms with Crippen molar-refractivity contribution < 1.29 is 90.2 Å². The number of nitrogens with one attached hydrogen (secondary N) is 2. The molecule has 8 aromatic carbocycles. The van der Waals surface area contributed by atoms with Gasteiger partial charge in [-0.05, 0) is 233 Å². The lowest BCUT2D eigenvalue weighted by atomic mass is 9.49. The highest BCUT2D eigenvalue weighted by Crippen LogP contribution is 2.50. The van der Waals surface area contributed by atoms with Crippen molar-refractivity contribution in [2.75, 3.05) is 35.2 Å². The van der Waals surface area contributed by atoms with Crippen LogP contribution < -0.4 is 34.2 Å². The third-order valence-corrected chi connectivity index (χ3v) is 27.6. The monoisotopic (exact) mass is 1790 g/mol. The van der Waals surface area contributed by atoms with Crippen LogP contribution in [-0.4, -0.2) is 129 Å². The van der Waals surface area contributed by atoms with E-state index in [1.807, 2.05) is 116 Å². The molecule has 0 atom stereocenters. The fraction of sp³-hybridized carbons (Fsp3) is 0.277. The number of amides is 2. The summed E-state index contributed by atoms with van der Waals surface area (Å²) in [5.74, 6) is -1.36. The lowest BCUT2D eigenvalue weighted by Gasteiger charge is -2.32. The minimum Gasteiger partial charge on any atom is -0.470 e. The molecule has 0 bridgehead atoms. The van der Waals surface area contributed by atoms with Crippen LogP contribution in [0.25, 0.3) is 112 Å². The summed E-state index contributed by atoms with van der Waals surface area (Å²) in [7, 11) is -6.56. The highest BCUT2D eigenvalue weighted by atomic mass is 35.5. The molecular weight excluding hydrogens is 1710 g/mol. The number of anilines is 2. The molecule has 0 saturated carbocycles. The molecule has 5 aliphatic rings. The number of nitrogens with zero attached hydrogens (tertiary/aromatic N) is 6. The number of carbonyl (C=O) groups is 2. The van der Waals surface area contributed by atoms with Crippen molar-refractivity contribution in [3.05, 3.63) is 245 Å². The molecule has 128 heavy (non-hydrogen) atoms. The third-order valence-electron chi connectivity index (χ3n) is 25.1. The molecule has 6 aromatic heterocycles. The van der Waals surface area contributed by atoms with Gasteiger partial charge in [-0.1, -0.05) is 60.1 Å². The summed E-state index contributed by atoms with van der Waals surface area (Å²) in [6, 6.07) is 51.6. The van der Waals surface area contributed by atoms with Gasteiger partial charge in [0.1, 0.15) is 68.8 Å². The Hall–Kier alpha value is -11.8. The highest BCUT2D eigenvalue weighted by molar-refractivity contribution is 7.92. The smallest absolute Gasteiger partial charge is 0.470 e. The van der Waals surface area contributed by atoms with Crippen LogP contribution in [-0.2, 0) is 74.5 Å². The first-order valence-electron chi connectivity index (χ1n) is 41.3. The number of furan rings is 2. The van der Waals surface area contributed by atoms with Gasteiger partial charge in [0, 0.05) is 75.0 Å². The van der Waals surface area contributed by atoms with Gasteiger partial charge in [0.15, 0.2) is 13.5 Å². The predicted octanol–water partition coefficient (Wildman–Crippen LogP) is 18.7. The van der Waals surface area contributed by atoms with Crippen molar-refractivity contribution in [3.63, 3.8) is 0 Å². The average Bonchev–Trinajstić information content (AvgIpc) is 1.64. The van der Waals surface area contributed by atoms with Crippen LogP contribution >= 0.6 is 11.6 Å². The topological polar surface area (TPSA) is 269 Å². The van der Waals surface area contributed by atoms with Crippen molar-refractivity contribution in [1.82, 2.24) is 29.7 Å². The van der Waals surface area contributed by atoms with Crippen LogP contribution in [0.2, 0.25) is 5.02 Å². The fourth-order valence-electron chi connectivity index (χ4n) is 16.1. The molecule has 5 aliphatic heterocycles. The molecule has 11 heterocycles. The molecule has 24 nitrogen and oxygen atoms in total. The Labute approximate surface area is 743 Å². The Morgan fingerprint density at radius 3 is 1.17 bits per heavy atom. The second kappa shape index (κ2) is 32.5. The van der Waals surface area contributed by atoms with Gasteiger partial charge in [-0.25, -0.2) is 44.4 Å². The van der Waals surface area contributed by atoms with Gasteiger partial charge in [0.05, 0.1) is 116 Å². The van der Waals surface area contributed by atoms with E-state index in [4.69, 9.17) is 67.8 Å². The van der Waals surface area contributed by atoms with E-state index in [0.717, 1.165) is 18.0 Å². The van der Waals surface area contributed by atoms with Gasteiger partial charge in [0.2, 0.25) is 20.0 Å². The van der Waals surface area contributed by atoms with Crippen molar-refractivity contribution in [3.8, 4) is 79.4 Å². The van der Waals surface area contributed by atoms with Crippen molar-refractivity contribution in [1.29, 1.82) is 0 Å². The highest BCUT2D eigenvalue weighted by Gasteiger charge is 2.64. The minimum absolute atomic E-state index is 0.0656. The van der Waals surface area contributed by atoms with Crippen LogP contribution in [0.1, 0.15) is 115 Å². The maximum absolute atomic E-state index is 15.0. The van der Waals surface area contributed by atoms with E-state index in [-0.39, 0.29) is 106 Å². The molecule has 2 amide bonds. The number of carbonyl (C=O) groups excluding carboxylic acids is 2. The van der Waals surface area contributed by atoms with E-state index >= 15 is 4.39 Å². The van der Waals surface area contributed by atoms with E-state index < -0.39 is 75.8 Å². The first-order chi connectivity index (χ1) is 60.4. The molecule has 34 heteroatoms. The second-order valence-electron chi connectivity index (χ2n) is 35.2. The maximum atomic E-state index is 15.0.